The van der Waals surface area contributed by atoms with Gasteiger partial charge in [-0.3, -0.25) is 51.9 Å². The number of fused-ring (bicyclic) bond motifs is 4. The number of aliphatic carboxylic acids is 1. The molecule has 3 aliphatic heterocycles. The molecule has 6 amide bonds. The number of carboxylic acids is 1. The van der Waals surface area contributed by atoms with Crippen LogP contribution in [0, 0.1) is 41.4 Å². The molecule has 12 N–H and O–H groups in total. The number of quaternary nitrogens is 2. The van der Waals surface area contributed by atoms with Crippen LogP contribution in [0.15, 0.2) is 94.7 Å². The van der Waals surface area contributed by atoms with Crippen molar-refractivity contribution in [2.24, 2.45) is 41.4 Å². The number of aliphatic hydroxyl groups is 1. The molecule has 2 unspecified atom stereocenters. The van der Waals surface area contributed by atoms with Crippen LogP contribution in [0.2, 0.25) is 5.02 Å². The number of aryl methyl sites for hydroxylation is 1. The number of amides is 6. The van der Waals surface area contributed by atoms with E-state index in [1.54, 1.807) is 82.3 Å². The van der Waals surface area contributed by atoms with Gasteiger partial charge in [-0.2, -0.15) is 33.7 Å². The van der Waals surface area contributed by atoms with E-state index in [4.69, 9.17) is 35.5 Å². The molecule has 0 aromatic heterocycles. The fourth-order valence-electron chi connectivity index (χ4n) is 10.3. The molecule has 7 rings (SSSR count). The summed E-state index contributed by atoms with van der Waals surface area (Å²) in [6.07, 6.45) is 0.802. The van der Waals surface area contributed by atoms with Gasteiger partial charge in [-0.25, -0.2) is 4.79 Å². The van der Waals surface area contributed by atoms with E-state index in [0.29, 0.717) is 47.8 Å². The van der Waals surface area contributed by atoms with Crippen LogP contribution in [0.5, 0.6) is 0 Å². The highest BCUT2D eigenvalue weighted by Crippen LogP contribution is 2.27. The zero-order valence-electron chi connectivity index (χ0n) is 69.2. The zero-order chi connectivity index (χ0) is 87.0. The summed E-state index contributed by atoms with van der Waals surface area (Å²) in [5.74, 6) is -2.29. The monoisotopic (exact) mass is 1690 g/mol. The maximum absolute atomic E-state index is 11.6. The first-order chi connectivity index (χ1) is 52.0. The first-order valence-electron chi connectivity index (χ1n) is 37.8. The number of nitrogens with zero attached hydrogens (tertiary/aromatic N) is 4. The predicted octanol–water partition coefficient (Wildman–Crippen LogP) is 6.16. The average Bonchev–Trinajstić information content (AvgIpc) is 0.787. The van der Waals surface area contributed by atoms with Gasteiger partial charge < -0.3 is 56.0 Å². The molecular weight excluding hydrogens is 1560 g/mol. The zero-order valence-corrected chi connectivity index (χ0v) is 73.3. The van der Waals surface area contributed by atoms with Crippen molar-refractivity contribution in [3.8, 4) is 0 Å². The third-order valence-corrected chi connectivity index (χ3v) is 20.9. The molecule has 0 spiro atoms. The van der Waals surface area contributed by atoms with Gasteiger partial charge >= 0.3 is 5.97 Å². The van der Waals surface area contributed by atoms with E-state index in [1.165, 1.54) is 73.9 Å². The minimum absolute atomic E-state index is 0.00967. The quantitative estimate of drug-likeness (QED) is 0.0141. The second-order valence-electron chi connectivity index (χ2n) is 31.1. The Hall–Kier alpha value is -6.84. The SMILES string of the molecule is CC(C)C(=O)N(C)CCS(=O)(=O)O.CC(C)C(=O)NCC(CS(=O)(=O)O)c1ccc(Cl)cc1.CC(C)C(=O)NCCCc1cccc2c(S(=O)(=O)O)cccc12.CC(C)C(=O)NCC[N+](C)(C)C.CC(C)C(=O)NCC[N+]12CCN(CC1)CC2.CC(C)C(=O)NCCc1ccc(S(=O)(=O)O)cc1.CC(C)CNCC(O)C(=O)O. The molecule has 36 heteroatoms. The van der Waals surface area contributed by atoms with Gasteiger partial charge in [0.05, 0.1) is 83.4 Å². The molecule has 4 aromatic rings. The Morgan fingerprint density at radius 2 is 0.991 bits per heavy atom. The van der Waals surface area contributed by atoms with E-state index in [1.807, 2.05) is 81.4 Å². The molecule has 2 atom stereocenters. The molecule has 0 radical (unpaired) electrons. The molecule has 113 heavy (non-hydrogen) atoms. The molecule has 0 saturated carbocycles. The molecule has 644 valence electrons. The lowest BCUT2D eigenvalue weighted by Crippen LogP contribution is -2.68. The van der Waals surface area contributed by atoms with Crippen molar-refractivity contribution >= 4 is 104 Å². The highest BCUT2D eigenvalue weighted by Gasteiger charge is 2.38. The third kappa shape index (κ3) is 48.3. The Labute approximate surface area is 677 Å². The number of carbonyl (C=O) groups excluding carboxylic acids is 6. The lowest BCUT2D eigenvalue weighted by Gasteiger charge is -2.50. The molecule has 3 saturated heterocycles. The standard InChI is InChI=1S/C17H21NO4S.C13H18ClNO4S.C12H23N3O.C12H17NO4S.C9H20N2O.C7H15NO4S.C7H15NO3/c1-12(2)17(19)18-11-5-7-13-6-3-9-15-14(13)8-4-10-16(15)23(20,21)22;1-9(2)13(16)15-7-11(8-20(17,18)19)10-3-5-12(14)6-4-10;1-11(2)12(16)13-3-7-15-8-4-14(5-9-15)6-10-15;1-9(2)12(14)13-8-7-10-3-5-11(6-4-10)18(15,16)17;1-8(2)9(12)10-6-7-11(3,4)5;1-6(2)7(9)8(3)4-5-13(10,11)12;1-5(2)3-8-4-6(9)7(10)11/h3-4,6,8-10,12H,5,7,11H2,1-2H3,(H,18,19)(H,20,21,22);3-6,9,11H,7-8H2,1-2H3,(H,15,16)(H,17,18,19);11H,3-10H2,1-2H3;3-6,9H,7-8H2,1-2H3,(H,13,14)(H,15,16,17);8H,6-7H2,1-5H3;6H,4-5H2,1-3H3,(H,10,11,12);5-6,8-9H,3-4H2,1-2H3,(H,10,11)/p+2. The van der Waals surface area contributed by atoms with E-state index < -0.39 is 70.0 Å². The Morgan fingerprint density at radius 3 is 1.42 bits per heavy atom. The fourth-order valence-corrected chi connectivity index (χ4v) is 13.0. The molecule has 31 nitrogen and oxygen atoms in total. The number of rotatable bonds is 34. The van der Waals surface area contributed by atoms with Crippen molar-refractivity contribution in [1.82, 2.24) is 41.7 Å². The number of carboxylic acid groups (broad SMARTS) is 1. The number of benzene rings is 4. The van der Waals surface area contributed by atoms with E-state index >= 15 is 0 Å². The van der Waals surface area contributed by atoms with Crippen molar-refractivity contribution < 1.29 is 105 Å². The molecule has 3 heterocycles. The van der Waals surface area contributed by atoms with Gasteiger partial charge in [0, 0.05) is 111 Å². The van der Waals surface area contributed by atoms with Crippen molar-refractivity contribution in [3.63, 3.8) is 0 Å². The summed E-state index contributed by atoms with van der Waals surface area (Å²) >= 11 is 5.78. The van der Waals surface area contributed by atoms with Gasteiger partial charge in [0.25, 0.3) is 40.5 Å². The minimum atomic E-state index is -4.25. The molecular formula is C77H131ClN10O21S4+2. The van der Waals surface area contributed by atoms with Crippen LogP contribution in [-0.2, 0) is 86.9 Å². The van der Waals surface area contributed by atoms with Gasteiger partial charge in [-0.1, -0.05) is 163 Å². The number of carbonyl (C=O) groups is 7. The second-order valence-corrected chi connectivity index (χ2v) is 37.4. The first kappa shape index (κ1) is 106. The van der Waals surface area contributed by atoms with Gasteiger partial charge in [0.1, 0.15) is 4.90 Å². The molecule has 2 bridgehead atoms. The lowest BCUT2D eigenvalue weighted by molar-refractivity contribution is -0.939. The van der Waals surface area contributed by atoms with Crippen LogP contribution >= 0.6 is 11.6 Å². The van der Waals surface area contributed by atoms with Crippen LogP contribution in [0.25, 0.3) is 10.8 Å². The fraction of sp³-hybridized carbons (Fsp3) is 0.623. The van der Waals surface area contributed by atoms with Crippen molar-refractivity contribution in [2.75, 3.05) is 144 Å². The van der Waals surface area contributed by atoms with E-state index in [-0.39, 0.29) is 100 Å². The molecule has 4 aromatic carbocycles. The number of hydrogen-bond acceptors (Lipinski definition) is 18. The van der Waals surface area contributed by atoms with Crippen molar-refractivity contribution in [1.29, 1.82) is 0 Å². The van der Waals surface area contributed by atoms with E-state index in [2.05, 4.69) is 57.9 Å². The van der Waals surface area contributed by atoms with Gasteiger partial charge in [-0.05, 0) is 84.1 Å². The summed E-state index contributed by atoms with van der Waals surface area (Å²) < 4.78 is 125. The number of likely N-dealkylation sites (N-methyl/N-ethyl adjacent to an activating group) is 1. The van der Waals surface area contributed by atoms with Gasteiger partial charge in [0.15, 0.2) is 6.10 Å². The summed E-state index contributed by atoms with van der Waals surface area (Å²) in [5, 5.41) is 35.9. The topological polar surface area (TPSA) is 456 Å². The lowest BCUT2D eigenvalue weighted by atomic mass is 10.0. The van der Waals surface area contributed by atoms with Crippen LogP contribution < -0.4 is 31.9 Å². The van der Waals surface area contributed by atoms with Gasteiger partial charge in [0.2, 0.25) is 35.4 Å². The maximum atomic E-state index is 11.6. The van der Waals surface area contributed by atoms with E-state index in [9.17, 15) is 71.8 Å². The van der Waals surface area contributed by atoms with Crippen molar-refractivity contribution in [2.45, 2.75) is 138 Å². The number of aliphatic hydroxyl groups excluding tert-OH is 1. The second kappa shape index (κ2) is 52.0. The predicted molar refractivity (Wildman–Crippen MR) is 441 cm³/mol. The average molecular weight is 1700 g/mol. The number of piperazine rings is 3. The minimum Gasteiger partial charge on any atom is -0.479 e. The molecule has 3 aliphatic rings. The number of halogens is 1. The Balaban J connectivity index is 0.00000131. The first-order valence-corrected chi connectivity index (χ1v) is 44.3. The molecule has 0 aliphatic carbocycles. The van der Waals surface area contributed by atoms with Gasteiger partial charge in [-0.15, -0.1) is 0 Å². The number of nitrogens with one attached hydrogen (secondary N) is 6. The van der Waals surface area contributed by atoms with Crippen LogP contribution in [0.4, 0.5) is 0 Å². The van der Waals surface area contributed by atoms with Crippen LogP contribution in [0.3, 0.4) is 0 Å². The smallest absolute Gasteiger partial charge is 0.333 e. The summed E-state index contributed by atoms with van der Waals surface area (Å²) in [6, 6.07) is 22.8. The summed E-state index contributed by atoms with van der Waals surface area (Å²) in [5.41, 5.74) is 2.58. The Morgan fingerprint density at radius 1 is 0.531 bits per heavy atom. The van der Waals surface area contributed by atoms with E-state index in [0.717, 1.165) is 60.1 Å². The van der Waals surface area contributed by atoms with Crippen LogP contribution in [-0.4, -0.2) is 273 Å². The highest BCUT2D eigenvalue weighted by atomic mass is 35.5. The van der Waals surface area contributed by atoms with Crippen LogP contribution in [0.1, 0.15) is 126 Å². The Kier molecular flexibility index (Phi) is 48.8. The number of hydrogen-bond donors (Lipinski definition) is 12. The summed E-state index contributed by atoms with van der Waals surface area (Å²) in [6.45, 7) is 39.3. The Bertz CT molecular complexity index is 4030. The summed E-state index contributed by atoms with van der Waals surface area (Å²) in [4.78, 5) is 81.9. The molecule has 3 fully saturated rings. The highest BCUT2D eigenvalue weighted by molar-refractivity contribution is 7.86. The maximum Gasteiger partial charge on any atom is 0.333 e. The summed E-state index contributed by atoms with van der Waals surface area (Å²) in [7, 11) is -8.64. The third-order valence-electron chi connectivity index (χ3n) is 17.4. The largest absolute Gasteiger partial charge is 0.479 e. The normalized spacial score (nSPS) is 15.2. The van der Waals surface area contributed by atoms with Crippen molar-refractivity contribution in [3.05, 3.63) is 107 Å².